The zero-order chi connectivity index (χ0) is 39.0. The summed E-state index contributed by atoms with van der Waals surface area (Å²) in [5, 5.41) is 0. The molecule has 0 fully saturated rings. The molecule has 0 amide bonds. The molecule has 0 N–H and O–H groups in total. The van der Waals surface area contributed by atoms with E-state index in [-0.39, 0.29) is 0 Å². The molecule has 0 heterocycles. The predicted octanol–water partition coefficient (Wildman–Crippen LogP) is 15.9. The highest BCUT2D eigenvalue weighted by molar-refractivity contribution is 5.82. The maximum Gasteiger partial charge on any atom is 0.0493 e. The zero-order valence-corrected chi connectivity index (χ0v) is 34.1. The van der Waals surface area contributed by atoms with E-state index >= 15 is 0 Å². The van der Waals surface area contributed by atoms with Crippen LogP contribution in [-0.4, -0.2) is 0 Å². The van der Waals surface area contributed by atoms with Crippen LogP contribution < -0.4 is 9.80 Å². The molecule has 0 saturated heterocycles. The minimum absolute atomic E-state index is 1.12. The third kappa shape index (κ3) is 8.82. The summed E-state index contributed by atoms with van der Waals surface area (Å²) in [6.45, 7) is 13.3. The smallest absolute Gasteiger partial charge is 0.0493 e. The lowest BCUT2D eigenvalue weighted by molar-refractivity contribution is 0.795. The van der Waals surface area contributed by atoms with Crippen molar-refractivity contribution in [2.24, 2.45) is 0 Å². The van der Waals surface area contributed by atoms with Gasteiger partial charge in [-0.05, 0) is 170 Å². The fraction of sp³-hybridized carbons (Fsp3) is 0.222. The average Bonchev–Trinajstić information content (AvgIpc) is 3.23. The molecular weight excluding hydrogens is 677 g/mol. The Morgan fingerprint density at radius 3 is 0.929 bits per heavy atom. The van der Waals surface area contributed by atoms with E-state index < -0.39 is 0 Å². The maximum absolute atomic E-state index is 2.40. The molecule has 0 aliphatic carbocycles. The van der Waals surface area contributed by atoms with Gasteiger partial charge in [-0.1, -0.05) is 124 Å². The van der Waals surface area contributed by atoms with Crippen LogP contribution >= 0.6 is 0 Å². The highest BCUT2D eigenvalue weighted by Crippen LogP contribution is 2.40. The van der Waals surface area contributed by atoms with Gasteiger partial charge in [0.05, 0.1) is 0 Å². The summed E-state index contributed by atoms with van der Waals surface area (Å²) in [4.78, 5) is 4.79. The number of rotatable bonds is 14. The van der Waals surface area contributed by atoms with Gasteiger partial charge in [-0.15, -0.1) is 0 Å². The van der Waals surface area contributed by atoms with Gasteiger partial charge in [0.1, 0.15) is 0 Å². The largest absolute Gasteiger partial charge is 0.310 e. The van der Waals surface area contributed by atoms with Gasteiger partial charge in [0, 0.05) is 34.1 Å². The van der Waals surface area contributed by atoms with Crippen LogP contribution in [-0.2, 0) is 12.8 Å². The first-order valence-corrected chi connectivity index (χ1v) is 20.5. The van der Waals surface area contributed by atoms with Gasteiger partial charge in [0.2, 0.25) is 0 Å². The van der Waals surface area contributed by atoms with Crippen LogP contribution in [0, 0.1) is 27.7 Å². The number of aryl methyl sites for hydroxylation is 6. The Kier molecular flexibility index (Phi) is 12.2. The maximum atomic E-state index is 2.40. The Morgan fingerprint density at radius 2 is 0.625 bits per heavy atom. The lowest BCUT2D eigenvalue weighted by atomic mass is 9.99. The summed E-state index contributed by atoms with van der Waals surface area (Å²) < 4.78 is 0. The average molecular weight is 733 g/mol. The number of hydrogen-bond donors (Lipinski definition) is 0. The summed E-state index contributed by atoms with van der Waals surface area (Å²) in [6, 6.07) is 58.8. The third-order valence-electron chi connectivity index (χ3n) is 11.0. The summed E-state index contributed by atoms with van der Waals surface area (Å²) >= 11 is 0. The standard InChI is InChI=1S/C54H56N2/c1-7-9-11-43-17-29-49(30-18-43)55(53-37-39(3)13-15-41(53)5)51-33-25-47(26-34-51)45-21-23-46(24-22-45)48-27-35-52(36-28-48)56(54-38-40(4)14-16-42(54)6)50-31-19-44(20-32-50)12-10-8-2/h13-38H,7-12H2,1-6H3. The van der Waals surface area contributed by atoms with Crippen LogP contribution in [0.1, 0.15) is 72.9 Å². The number of hydrogen-bond acceptors (Lipinski definition) is 2. The molecule has 282 valence electrons. The lowest BCUT2D eigenvalue weighted by Gasteiger charge is -2.28. The van der Waals surface area contributed by atoms with Crippen LogP contribution in [0.25, 0.3) is 22.3 Å². The Hall–Kier alpha value is -5.86. The van der Waals surface area contributed by atoms with E-state index in [4.69, 9.17) is 0 Å². The molecular formula is C54H56N2. The zero-order valence-electron chi connectivity index (χ0n) is 34.1. The van der Waals surface area contributed by atoms with Crippen molar-refractivity contribution in [1.82, 2.24) is 0 Å². The molecule has 2 heteroatoms. The number of anilines is 6. The molecule has 0 aliphatic heterocycles. The van der Waals surface area contributed by atoms with Crippen molar-refractivity contribution in [1.29, 1.82) is 0 Å². The van der Waals surface area contributed by atoms with Gasteiger partial charge in [0.25, 0.3) is 0 Å². The summed E-state index contributed by atoms with van der Waals surface area (Å²) in [5.74, 6) is 0. The number of nitrogens with zero attached hydrogens (tertiary/aromatic N) is 2. The highest BCUT2D eigenvalue weighted by Gasteiger charge is 2.17. The van der Waals surface area contributed by atoms with E-state index in [2.05, 4.69) is 209 Å². The molecule has 2 nitrogen and oxygen atoms in total. The molecule has 0 spiro atoms. The monoisotopic (exact) mass is 732 g/mol. The highest BCUT2D eigenvalue weighted by atomic mass is 15.1. The first kappa shape index (κ1) is 38.4. The van der Waals surface area contributed by atoms with Crippen molar-refractivity contribution >= 4 is 34.1 Å². The minimum Gasteiger partial charge on any atom is -0.310 e. The second-order valence-electron chi connectivity index (χ2n) is 15.5. The summed E-state index contributed by atoms with van der Waals surface area (Å²) in [7, 11) is 0. The van der Waals surface area contributed by atoms with Crippen molar-refractivity contribution in [3.8, 4) is 22.3 Å². The fourth-order valence-electron chi connectivity index (χ4n) is 7.62. The van der Waals surface area contributed by atoms with Gasteiger partial charge in [-0.2, -0.15) is 0 Å². The van der Waals surface area contributed by atoms with Crippen LogP contribution in [0.5, 0.6) is 0 Å². The molecule has 0 atom stereocenters. The number of benzene rings is 7. The van der Waals surface area contributed by atoms with Crippen LogP contribution in [0.4, 0.5) is 34.1 Å². The van der Waals surface area contributed by atoms with Crippen LogP contribution in [0.2, 0.25) is 0 Å². The quantitative estimate of drug-likeness (QED) is 0.110. The second-order valence-corrected chi connectivity index (χ2v) is 15.5. The van der Waals surface area contributed by atoms with Crippen LogP contribution in [0.3, 0.4) is 0 Å². The molecule has 7 rings (SSSR count). The lowest BCUT2D eigenvalue weighted by Crippen LogP contribution is -2.11. The topological polar surface area (TPSA) is 6.48 Å². The predicted molar refractivity (Wildman–Crippen MR) is 243 cm³/mol. The van der Waals surface area contributed by atoms with Crippen molar-refractivity contribution in [3.63, 3.8) is 0 Å². The molecule has 7 aromatic carbocycles. The van der Waals surface area contributed by atoms with Gasteiger partial charge in [-0.25, -0.2) is 0 Å². The van der Waals surface area contributed by atoms with Gasteiger partial charge in [-0.3, -0.25) is 0 Å². The molecule has 0 radical (unpaired) electrons. The Morgan fingerprint density at radius 1 is 0.339 bits per heavy atom. The van der Waals surface area contributed by atoms with Gasteiger partial charge in [0.15, 0.2) is 0 Å². The molecule has 0 aliphatic rings. The number of unbranched alkanes of at least 4 members (excludes halogenated alkanes) is 2. The SMILES string of the molecule is CCCCc1ccc(N(c2ccc(-c3ccc(-c4ccc(N(c5ccc(CCCC)cc5)c5cc(C)ccc5C)cc4)cc3)cc2)c2cc(C)ccc2C)cc1. The summed E-state index contributed by atoms with van der Waals surface area (Å²) in [5.41, 5.74) is 19.7. The molecule has 0 saturated carbocycles. The normalized spacial score (nSPS) is 11.1. The summed E-state index contributed by atoms with van der Waals surface area (Å²) in [6.07, 6.45) is 7.11. The third-order valence-corrected chi connectivity index (χ3v) is 11.0. The second kappa shape index (κ2) is 17.7. The van der Waals surface area contributed by atoms with E-state index in [9.17, 15) is 0 Å². The Bertz CT molecular complexity index is 2160. The van der Waals surface area contributed by atoms with E-state index in [1.807, 2.05) is 0 Å². The van der Waals surface area contributed by atoms with Gasteiger partial charge >= 0.3 is 0 Å². The van der Waals surface area contributed by atoms with Gasteiger partial charge < -0.3 is 9.80 Å². The van der Waals surface area contributed by atoms with E-state index in [0.717, 1.165) is 24.2 Å². The van der Waals surface area contributed by atoms with E-state index in [1.165, 1.54) is 104 Å². The fourth-order valence-corrected chi connectivity index (χ4v) is 7.62. The molecule has 0 unspecified atom stereocenters. The Balaban J connectivity index is 1.13. The van der Waals surface area contributed by atoms with Crippen LogP contribution in [0.15, 0.2) is 158 Å². The van der Waals surface area contributed by atoms with E-state index in [0.29, 0.717) is 0 Å². The molecule has 0 aromatic heterocycles. The van der Waals surface area contributed by atoms with Crippen molar-refractivity contribution in [3.05, 3.63) is 191 Å². The minimum atomic E-state index is 1.12. The molecule has 7 aromatic rings. The van der Waals surface area contributed by atoms with Crippen molar-refractivity contribution < 1.29 is 0 Å². The van der Waals surface area contributed by atoms with E-state index in [1.54, 1.807) is 0 Å². The van der Waals surface area contributed by atoms with Crippen molar-refractivity contribution in [2.45, 2.75) is 80.1 Å². The molecule has 0 bridgehead atoms. The molecule has 56 heavy (non-hydrogen) atoms. The first-order valence-electron chi connectivity index (χ1n) is 20.5. The Labute approximate surface area is 336 Å². The first-order chi connectivity index (χ1) is 27.3. The van der Waals surface area contributed by atoms with Crippen molar-refractivity contribution in [2.75, 3.05) is 9.80 Å².